The van der Waals surface area contributed by atoms with Crippen LogP contribution in [0.1, 0.15) is 39.0 Å². The number of unbranched alkanes of at least 4 members (excludes halogenated alkanes) is 1. The zero-order valence-corrected chi connectivity index (χ0v) is 9.90. The molecule has 1 unspecified atom stereocenters. The maximum atomic E-state index is 2.61. The van der Waals surface area contributed by atoms with Gasteiger partial charge in [-0.15, -0.1) is 0 Å². The van der Waals surface area contributed by atoms with E-state index in [1.54, 1.807) is 6.04 Å². The number of rotatable bonds is 4. The van der Waals surface area contributed by atoms with Gasteiger partial charge in [-0.25, -0.2) is 0 Å². The first kappa shape index (κ1) is 10.3. The Labute approximate surface area is 78.8 Å². The molecule has 1 rings (SSSR count). The van der Waals surface area contributed by atoms with Crippen molar-refractivity contribution in [1.29, 1.82) is 0 Å². The van der Waals surface area contributed by atoms with E-state index in [4.69, 9.17) is 0 Å². The van der Waals surface area contributed by atoms with E-state index in [2.05, 4.69) is 26.4 Å². The molecule has 0 amide bonds. The molecule has 1 saturated carbocycles. The molecule has 1 radical (unpaired) electrons. The summed E-state index contributed by atoms with van der Waals surface area (Å²) in [5, 5.41) is 0. The van der Waals surface area contributed by atoms with Crippen LogP contribution in [0.15, 0.2) is 0 Å². The van der Waals surface area contributed by atoms with Crippen LogP contribution in [0.5, 0.6) is 0 Å². The van der Waals surface area contributed by atoms with Crippen LogP contribution in [0.4, 0.5) is 0 Å². The smallest absolute Gasteiger partial charge is 0.0507 e. The highest BCUT2D eigenvalue weighted by molar-refractivity contribution is 6.79. The Morgan fingerprint density at radius 3 is 2.67 bits per heavy atom. The first-order valence-corrected chi connectivity index (χ1v) is 8.78. The molecular formula is C11H23Si. The van der Waals surface area contributed by atoms with Gasteiger partial charge in [-0.2, -0.15) is 0 Å². The minimum absolute atomic E-state index is 0.847. The van der Waals surface area contributed by atoms with Gasteiger partial charge in [0.2, 0.25) is 0 Å². The van der Waals surface area contributed by atoms with E-state index in [0.29, 0.717) is 0 Å². The predicted octanol–water partition coefficient (Wildman–Crippen LogP) is 4.25. The van der Waals surface area contributed by atoms with Crippen molar-refractivity contribution in [2.75, 3.05) is 0 Å². The quantitative estimate of drug-likeness (QED) is 0.572. The van der Waals surface area contributed by atoms with E-state index < -0.39 is 8.07 Å². The van der Waals surface area contributed by atoms with Gasteiger partial charge in [-0.05, 0) is 12.0 Å². The zero-order valence-electron chi connectivity index (χ0n) is 8.90. The highest BCUT2D eigenvalue weighted by Crippen LogP contribution is 2.40. The highest BCUT2D eigenvalue weighted by atomic mass is 28.3. The lowest BCUT2D eigenvalue weighted by Gasteiger charge is -2.29. The van der Waals surface area contributed by atoms with E-state index in [-0.39, 0.29) is 0 Å². The third-order valence-electron chi connectivity index (χ3n) is 3.35. The van der Waals surface area contributed by atoms with E-state index >= 15 is 0 Å². The van der Waals surface area contributed by atoms with Crippen molar-refractivity contribution in [2.24, 2.45) is 0 Å². The summed E-state index contributed by atoms with van der Waals surface area (Å²) in [6, 6.07) is 1.55. The maximum absolute atomic E-state index is 2.61. The van der Waals surface area contributed by atoms with E-state index in [9.17, 15) is 0 Å². The summed E-state index contributed by atoms with van der Waals surface area (Å²) in [5.74, 6) is 0. The number of hydrogen-bond acceptors (Lipinski definition) is 0. The van der Waals surface area contributed by atoms with Crippen LogP contribution < -0.4 is 0 Å². The van der Waals surface area contributed by atoms with Gasteiger partial charge >= 0.3 is 0 Å². The first-order valence-electron chi connectivity index (χ1n) is 5.50. The molecule has 0 N–H and O–H groups in total. The molecule has 0 bridgehead atoms. The topological polar surface area (TPSA) is 0 Å². The SMILES string of the molecule is CCCC[Si](C)(C)C1[CH]CCC1. The second-order valence-corrected chi connectivity index (χ2v) is 10.1. The van der Waals surface area contributed by atoms with E-state index in [0.717, 1.165) is 5.54 Å². The van der Waals surface area contributed by atoms with Crippen molar-refractivity contribution in [1.82, 2.24) is 0 Å². The molecule has 1 aliphatic rings. The van der Waals surface area contributed by atoms with Gasteiger partial charge < -0.3 is 0 Å². The highest BCUT2D eigenvalue weighted by Gasteiger charge is 2.32. The van der Waals surface area contributed by atoms with Gasteiger partial charge in [0.25, 0.3) is 0 Å². The molecule has 1 aliphatic carbocycles. The second-order valence-electron chi connectivity index (χ2n) is 4.87. The molecule has 0 aromatic heterocycles. The predicted molar refractivity (Wildman–Crippen MR) is 59.1 cm³/mol. The Kier molecular flexibility index (Phi) is 3.82. The normalized spacial score (nSPS) is 20.2. The van der Waals surface area contributed by atoms with Gasteiger partial charge in [-0.3, -0.25) is 0 Å². The fourth-order valence-electron chi connectivity index (χ4n) is 2.30. The van der Waals surface area contributed by atoms with E-state index in [1.165, 1.54) is 32.1 Å². The summed E-state index contributed by atoms with van der Waals surface area (Å²) in [6.07, 6.45) is 9.82. The fourth-order valence-corrected chi connectivity index (χ4v) is 5.73. The summed E-state index contributed by atoms with van der Waals surface area (Å²) in [5.41, 5.74) is 1.05. The van der Waals surface area contributed by atoms with Crippen LogP contribution in [0.3, 0.4) is 0 Å². The Bertz CT molecular complexity index is 123. The zero-order chi connectivity index (χ0) is 9.03. The molecule has 0 spiro atoms. The number of hydrogen-bond donors (Lipinski definition) is 0. The van der Waals surface area contributed by atoms with Gasteiger partial charge in [-0.1, -0.05) is 58.2 Å². The van der Waals surface area contributed by atoms with Crippen LogP contribution in [0, 0.1) is 6.42 Å². The molecule has 1 heteroatoms. The van der Waals surface area contributed by atoms with Crippen molar-refractivity contribution in [2.45, 2.75) is 63.7 Å². The lowest BCUT2D eigenvalue weighted by molar-refractivity contribution is 0.823. The monoisotopic (exact) mass is 183 g/mol. The molecule has 71 valence electrons. The van der Waals surface area contributed by atoms with Crippen molar-refractivity contribution in [3.05, 3.63) is 6.42 Å². The van der Waals surface area contributed by atoms with Gasteiger partial charge in [0.1, 0.15) is 0 Å². The van der Waals surface area contributed by atoms with Gasteiger partial charge in [0.05, 0.1) is 8.07 Å². The molecule has 0 heterocycles. The second kappa shape index (κ2) is 4.45. The summed E-state index contributed by atoms with van der Waals surface area (Å²) >= 11 is 0. The first-order chi connectivity index (χ1) is 5.67. The van der Waals surface area contributed by atoms with Crippen molar-refractivity contribution in [3.8, 4) is 0 Å². The summed E-state index contributed by atoms with van der Waals surface area (Å²) in [7, 11) is -0.847. The molecule has 0 aliphatic heterocycles. The van der Waals surface area contributed by atoms with Gasteiger partial charge in [0.15, 0.2) is 0 Å². The maximum Gasteiger partial charge on any atom is 0.0507 e. The lowest BCUT2D eigenvalue weighted by Crippen LogP contribution is -2.30. The molecule has 1 fully saturated rings. The molecule has 0 aromatic rings. The third-order valence-corrected chi connectivity index (χ3v) is 7.52. The summed E-state index contributed by atoms with van der Waals surface area (Å²) in [6.45, 7) is 7.47. The van der Waals surface area contributed by atoms with Crippen LogP contribution in [-0.4, -0.2) is 8.07 Å². The largest absolute Gasteiger partial charge is 0.0691 e. The minimum atomic E-state index is -0.847. The Hall–Kier alpha value is 0.217. The average molecular weight is 183 g/mol. The summed E-state index contributed by atoms with van der Waals surface area (Å²) in [4.78, 5) is 0. The van der Waals surface area contributed by atoms with Crippen molar-refractivity contribution in [3.63, 3.8) is 0 Å². The third kappa shape index (κ3) is 2.62. The summed E-state index contributed by atoms with van der Waals surface area (Å²) < 4.78 is 0. The molecule has 0 aromatic carbocycles. The van der Waals surface area contributed by atoms with Crippen LogP contribution in [0.2, 0.25) is 24.7 Å². The minimum Gasteiger partial charge on any atom is -0.0691 e. The molecular weight excluding hydrogens is 160 g/mol. The molecule has 0 saturated heterocycles. The van der Waals surface area contributed by atoms with Crippen molar-refractivity contribution < 1.29 is 0 Å². The van der Waals surface area contributed by atoms with Crippen molar-refractivity contribution >= 4 is 8.07 Å². The van der Waals surface area contributed by atoms with Crippen LogP contribution in [0.25, 0.3) is 0 Å². The van der Waals surface area contributed by atoms with E-state index in [1.807, 2.05) is 0 Å². The van der Waals surface area contributed by atoms with Crippen LogP contribution in [-0.2, 0) is 0 Å². The Morgan fingerprint density at radius 1 is 1.42 bits per heavy atom. The fraction of sp³-hybridized carbons (Fsp3) is 0.909. The lowest BCUT2D eigenvalue weighted by atomic mass is 10.4. The molecule has 1 atom stereocenters. The standard InChI is InChI=1S/C11H23Si/c1-4-5-10-12(2,3)11-8-6-7-9-11/h8,11H,4-7,9-10H2,1-3H3. The van der Waals surface area contributed by atoms with Gasteiger partial charge in [0, 0.05) is 0 Å². The molecule has 0 nitrogen and oxygen atoms in total. The molecule has 12 heavy (non-hydrogen) atoms. The Balaban J connectivity index is 2.34. The van der Waals surface area contributed by atoms with Crippen LogP contribution >= 0.6 is 0 Å². The Morgan fingerprint density at radius 2 is 2.17 bits per heavy atom. The average Bonchev–Trinajstić information content (AvgIpc) is 2.53.